The van der Waals surface area contributed by atoms with E-state index in [1.165, 1.54) is 0 Å². The van der Waals surface area contributed by atoms with Crippen LogP contribution in [0.15, 0.2) is 25.4 Å². The van der Waals surface area contributed by atoms with Crippen molar-refractivity contribution in [1.29, 1.82) is 0 Å². The zero-order chi connectivity index (χ0) is 17.6. The Morgan fingerprint density at radius 1 is 1.08 bits per heavy atom. The summed E-state index contributed by atoms with van der Waals surface area (Å²) in [5, 5.41) is 22.0. The summed E-state index contributed by atoms with van der Waals surface area (Å²) in [4.78, 5) is 16.3. The Kier molecular flexibility index (Phi) is 5.81. The Hall–Kier alpha value is -2.10. The van der Waals surface area contributed by atoms with Gasteiger partial charge in [-0.2, -0.15) is 20.5 Å². The van der Waals surface area contributed by atoms with Crippen molar-refractivity contribution in [3.63, 3.8) is 0 Å². The number of guanidine groups is 1. The summed E-state index contributed by atoms with van der Waals surface area (Å²) >= 11 is 0. The first kappa shape index (κ1) is 18.2. The van der Waals surface area contributed by atoms with Crippen LogP contribution in [-0.4, -0.2) is 48.9 Å². The predicted octanol–water partition coefficient (Wildman–Crippen LogP) is 0.259. The molecule has 0 aromatic rings. The number of aliphatic imine (C=N–C) groups is 1. The predicted molar refractivity (Wildman–Crippen MR) is 90.5 cm³/mol. The Balaban J connectivity index is 1.71. The molecule has 10 nitrogen and oxygen atoms in total. The summed E-state index contributed by atoms with van der Waals surface area (Å²) in [5.74, 6) is 0.0396. The third kappa shape index (κ3) is 6.57. The Morgan fingerprint density at radius 2 is 1.67 bits per heavy atom. The van der Waals surface area contributed by atoms with Crippen LogP contribution in [0.25, 0.3) is 0 Å². The van der Waals surface area contributed by atoms with Gasteiger partial charge in [-0.05, 0) is 26.7 Å². The zero-order valence-corrected chi connectivity index (χ0v) is 14.3. The number of amides is 1. The fourth-order valence-electron chi connectivity index (χ4n) is 2.23. The van der Waals surface area contributed by atoms with Gasteiger partial charge in [-0.1, -0.05) is 0 Å². The molecule has 0 spiro atoms. The van der Waals surface area contributed by atoms with Gasteiger partial charge < -0.3 is 22.1 Å². The third-order valence-electron chi connectivity index (χ3n) is 4.03. The summed E-state index contributed by atoms with van der Waals surface area (Å²) in [5.41, 5.74) is 10.1. The number of nitrogens with two attached hydrogens (primary N) is 2. The van der Waals surface area contributed by atoms with Gasteiger partial charge in [0.2, 0.25) is 5.91 Å². The molecular weight excluding hydrogens is 310 g/mol. The highest BCUT2D eigenvalue weighted by molar-refractivity contribution is 5.81. The lowest BCUT2D eigenvalue weighted by atomic mass is 10.1. The van der Waals surface area contributed by atoms with Crippen molar-refractivity contribution in [2.75, 3.05) is 19.6 Å². The second kappa shape index (κ2) is 7.65. The standard InChI is InChI=1S/C14H27N9O/c1-13(20-21-13)5-8-17-10(4-3-7-19-12(15)16)11(24)18-9-6-14(2)22-23-14/h10,17H,3-9H2,1-2H3,(H,18,24)(H4,15,16,19)/t10-/m0/s1. The van der Waals surface area contributed by atoms with Crippen LogP contribution < -0.4 is 22.1 Å². The van der Waals surface area contributed by atoms with Crippen molar-refractivity contribution in [1.82, 2.24) is 10.6 Å². The molecule has 0 aliphatic carbocycles. The Labute approximate surface area is 141 Å². The van der Waals surface area contributed by atoms with Crippen molar-refractivity contribution in [3.05, 3.63) is 0 Å². The molecule has 0 radical (unpaired) electrons. The highest BCUT2D eigenvalue weighted by atomic mass is 16.2. The molecule has 2 aliphatic heterocycles. The van der Waals surface area contributed by atoms with E-state index in [1.807, 2.05) is 13.8 Å². The highest BCUT2D eigenvalue weighted by Gasteiger charge is 2.34. The number of nitrogens with one attached hydrogen (secondary N) is 2. The lowest BCUT2D eigenvalue weighted by Gasteiger charge is -2.19. The van der Waals surface area contributed by atoms with Gasteiger partial charge in [0, 0.05) is 32.5 Å². The number of nitrogens with zero attached hydrogens (tertiary/aromatic N) is 5. The number of hydrogen-bond acceptors (Lipinski definition) is 7. The number of carbonyl (C=O) groups is 1. The van der Waals surface area contributed by atoms with Crippen molar-refractivity contribution >= 4 is 11.9 Å². The molecule has 0 saturated heterocycles. The van der Waals surface area contributed by atoms with E-state index in [9.17, 15) is 4.79 Å². The minimum atomic E-state index is -0.298. The lowest BCUT2D eigenvalue weighted by molar-refractivity contribution is -0.123. The minimum absolute atomic E-state index is 0.0289. The van der Waals surface area contributed by atoms with Crippen LogP contribution in [0.5, 0.6) is 0 Å². The molecule has 1 atom stereocenters. The van der Waals surface area contributed by atoms with E-state index < -0.39 is 0 Å². The maximum Gasteiger partial charge on any atom is 0.237 e. The van der Waals surface area contributed by atoms with Crippen LogP contribution in [0.4, 0.5) is 0 Å². The first-order valence-corrected chi connectivity index (χ1v) is 8.27. The van der Waals surface area contributed by atoms with Crippen LogP contribution in [0.3, 0.4) is 0 Å². The molecule has 10 heteroatoms. The topological polar surface area (TPSA) is 155 Å². The molecule has 0 bridgehead atoms. The molecule has 134 valence electrons. The van der Waals surface area contributed by atoms with Gasteiger partial charge in [0.25, 0.3) is 0 Å². The second-order valence-corrected chi connectivity index (χ2v) is 6.58. The average molecular weight is 337 g/mol. The molecule has 24 heavy (non-hydrogen) atoms. The van der Waals surface area contributed by atoms with Gasteiger partial charge >= 0.3 is 0 Å². The van der Waals surface area contributed by atoms with E-state index in [2.05, 4.69) is 36.1 Å². The van der Waals surface area contributed by atoms with Gasteiger partial charge in [-0.25, -0.2) is 0 Å². The molecule has 0 aromatic heterocycles. The normalized spacial score (nSPS) is 19.6. The third-order valence-corrected chi connectivity index (χ3v) is 4.03. The van der Waals surface area contributed by atoms with Crippen LogP contribution in [0.1, 0.15) is 39.5 Å². The average Bonchev–Trinajstić information content (AvgIpc) is 3.42. The molecule has 0 fully saturated rings. The minimum Gasteiger partial charge on any atom is -0.370 e. The maximum atomic E-state index is 12.4. The molecule has 0 saturated carbocycles. The quantitative estimate of drug-likeness (QED) is 0.229. The van der Waals surface area contributed by atoms with E-state index in [-0.39, 0.29) is 29.2 Å². The van der Waals surface area contributed by atoms with Gasteiger partial charge in [0.05, 0.1) is 6.04 Å². The van der Waals surface area contributed by atoms with Crippen molar-refractivity contribution in [3.8, 4) is 0 Å². The monoisotopic (exact) mass is 337 g/mol. The second-order valence-electron chi connectivity index (χ2n) is 6.58. The van der Waals surface area contributed by atoms with Gasteiger partial charge in [0.15, 0.2) is 17.3 Å². The van der Waals surface area contributed by atoms with E-state index >= 15 is 0 Å². The van der Waals surface area contributed by atoms with E-state index in [0.29, 0.717) is 26.1 Å². The summed E-state index contributed by atoms with van der Waals surface area (Å²) in [6.07, 6.45) is 2.87. The van der Waals surface area contributed by atoms with Gasteiger partial charge in [-0.3, -0.25) is 9.79 Å². The fraction of sp³-hybridized carbons (Fsp3) is 0.857. The van der Waals surface area contributed by atoms with E-state index in [1.54, 1.807) is 0 Å². The Morgan fingerprint density at radius 3 is 2.21 bits per heavy atom. The molecule has 0 aromatic carbocycles. The lowest BCUT2D eigenvalue weighted by Crippen LogP contribution is -2.45. The van der Waals surface area contributed by atoms with Gasteiger partial charge in [0.1, 0.15) is 0 Å². The molecule has 0 unspecified atom stereocenters. The molecule has 2 rings (SSSR count). The first-order chi connectivity index (χ1) is 11.3. The molecule has 2 aliphatic rings. The largest absolute Gasteiger partial charge is 0.370 e. The molecule has 6 N–H and O–H groups in total. The van der Waals surface area contributed by atoms with Crippen molar-refractivity contribution < 1.29 is 4.79 Å². The SMILES string of the molecule is CC1(CCNC(=O)[C@H](CCCN=C(N)N)NCCC2(C)N=N2)N=N1. The first-order valence-electron chi connectivity index (χ1n) is 8.27. The van der Waals surface area contributed by atoms with E-state index in [4.69, 9.17) is 11.5 Å². The van der Waals surface area contributed by atoms with Crippen molar-refractivity contribution in [2.45, 2.75) is 56.9 Å². The molecule has 2 heterocycles. The highest BCUT2D eigenvalue weighted by Crippen LogP contribution is 2.30. The fourth-order valence-corrected chi connectivity index (χ4v) is 2.23. The summed E-state index contributed by atoms with van der Waals surface area (Å²) in [7, 11) is 0. The summed E-state index contributed by atoms with van der Waals surface area (Å²) < 4.78 is 0. The van der Waals surface area contributed by atoms with Crippen LogP contribution in [0, 0.1) is 0 Å². The summed E-state index contributed by atoms with van der Waals surface area (Å²) in [6.45, 7) is 5.63. The van der Waals surface area contributed by atoms with Crippen LogP contribution in [-0.2, 0) is 4.79 Å². The van der Waals surface area contributed by atoms with Crippen LogP contribution in [0.2, 0.25) is 0 Å². The molecular formula is C14H27N9O. The molecule has 1 amide bonds. The van der Waals surface area contributed by atoms with Crippen LogP contribution >= 0.6 is 0 Å². The smallest absolute Gasteiger partial charge is 0.237 e. The number of hydrogen-bond donors (Lipinski definition) is 4. The van der Waals surface area contributed by atoms with Crippen molar-refractivity contribution in [2.24, 2.45) is 36.9 Å². The number of carbonyl (C=O) groups excluding carboxylic acids is 1. The van der Waals surface area contributed by atoms with Gasteiger partial charge in [-0.15, -0.1) is 0 Å². The zero-order valence-electron chi connectivity index (χ0n) is 14.3. The maximum absolute atomic E-state index is 12.4. The van der Waals surface area contributed by atoms with E-state index in [0.717, 1.165) is 19.3 Å². The number of rotatable bonds is 12. The Bertz CT molecular complexity index is 526. The summed E-state index contributed by atoms with van der Waals surface area (Å²) in [6, 6.07) is -0.289.